The molecule has 2 saturated heterocycles. The van der Waals surface area contributed by atoms with Gasteiger partial charge in [0.1, 0.15) is 11.9 Å². The molecule has 0 aliphatic carbocycles. The molecule has 150 valence electrons. The van der Waals surface area contributed by atoms with Crippen molar-refractivity contribution in [3.63, 3.8) is 0 Å². The molecule has 2 aromatic rings. The molecule has 3 aliphatic rings. The third-order valence-corrected chi connectivity index (χ3v) is 5.93. The second kappa shape index (κ2) is 7.06. The van der Waals surface area contributed by atoms with E-state index in [1.54, 1.807) is 34.1 Å². The second-order valence-corrected chi connectivity index (χ2v) is 7.82. The number of rotatable bonds is 3. The smallest absolute Gasteiger partial charge is 0.254 e. The summed E-state index contributed by atoms with van der Waals surface area (Å²) in [4.78, 5) is 29.7. The van der Waals surface area contributed by atoms with Crippen LogP contribution in [0, 0.1) is 11.7 Å². The largest absolute Gasteiger partial charge is 0.454 e. The Morgan fingerprint density at radius 3 is 2.86 bits per heavy atom. The molecular formula is C22H21FN2O4. The first-order valence-electron chi connectivity index (χ1n) is 9.82. The van der Waals surface area contributed by atoms with Gasteiger partial charge in [-0.2, -0.15) is 0 Å². The summed E-state index contributed by atoms with van der Waals surface area (Å²) in [6.07, 6.45) is 1.52. The summed E-state index contributed by atoms with van der Waals surface area (Å²) in [5, 5.41) is 0. The van der Waals surface area contributed by atoms with Gasteiger partial charge in [-0.15, -0.1) is 0 Å². The summed E-state index contributed by atoms with van der Waals surface area (Å²) in [6.45, 7) is 1.71. The Morgan fingerprint density at radius 1 is 1.14 bits per heavy atom. The van der Waals surface area contributed by atoms with Gasteiger partial charge in [-0.3, -0.25) is 9.59 Å². The molecule has 0 spiro atoms. The number of amides is 2. The Hall–Kier alpha value is -3.09. The number of ether oxygens (including phenoxy) is 2. The summed E-state index contributed by atoms with van der Waals surface area (Å²) >= 11 is 0. The van der Waals surface area contributed by atoms with Crippen LogP contribution in [0.2, 0.25) is 0 Å². The molecule has 0 N–H and O–H groups in total. The van der Waals surface area contributed by atoms with Gasteiger partial charge in [-0.1, -0.05) is 12.1 Å². The average molecular weight is 396 g/mol. The van der Waals surface area contributed by atoms with E-state index < -0.39 is 6.04 Å². The van der Waals surface area contributed by atoms with Gasteiger partial charge in [0.15, 0.2) is 11.5 Å². The van der Waals surface area contributed by atoms with Crippen molar-refractivity contribution in [3.05, 3.63) is 59.4 Å². The number of nitrogens with zero attached hydrogens (tertiary/aromatic N) is 2. The summed E-state index contributed by atoms with van der Waals surface area (Å²) in [7, 11) is 0. The Labute approximate surface area is 167 Å². The Morgan fingerprint density at radius 2 is 2.00 bits per heavy atom. The lowest BCUT2D eigenvalue weighted by atomic mass is 9.85. The zero-order valence-corrected chi connectivity index (χ0v) is 15.8. The number of likely N-dealkylation sites (tertiary alicyclic amines) is 2. The van der Waals surface area contributed by atoms with Crippen LogP contribution in [0.3, 0.4) is 0 Å². The fraction of sp³-hybridized carbons (Fsp3) is 0.364. The fourth-order valence-corrected chi connectivity index (χ4v) is 4.49. The number of fused-ring (bicyclic) bond motifs is 3. The molecule has 7 heteroatoms. The maximum atomic E-state index is 13.5. The molecule has 2 bridgehead atoms. The van der Waals surface area contributed by atoms with Crippen molar-refractivity contribution < 1.29 is 23.5 Å². The van der Waals surface area contributed by atoms with Crippen LogP contribution in [0.15, 0.2) is 42.5 Å². The highest BCUT2D eigenvalue weighted by Crippen LogP contribution is 2.35. The van der Waals surface area contributed by atoms with E-state index in [0.29, 0.717) is 49.0 Å². The molecule has 2 fully saturated rings. The van der Waals surface area contributed by atoms with Gasteiger partial charge in [0.25, 0.3) is 5.91 Å². The van der Waals surface area contributed by atoms with Crippen molar-refractivity contribution in [1.82, 2.24) is 9.80 Å². The van der Waals surface area contributed by atoms with Crippen LogP contribution >= 0.6 is 0 Å². The van der Waals surface area contributed by atoms with E-state index in [1.165, 1.54) is 12.1 Å². The van der Waals surface area contributed by atoms with Crippen LogP contribution in [0.25, 0.3) is 0 Å². The predicted octanol–water partition coefficient (Wildman–Crippen LogP) is 2.82. The number of hydrogen-bond donors (Lipinski definition) is 0. The van der Waals surface area contributed by atoms with Crippen LogP contribution in [0.1, 0.15) is 28.8 Å². The van der Waals surface area contributed by atoms with Gasteiger partial charge in [-0.25, -0.2) is 4.39 Å². The molecule has 0 unspecified atom stereocenters. The quantitative estimate of drug-likeness (QED) is 0.801. The predicted molar refractivity (Wildman–Crippen MR) is 102 cm³/mol. The number of carbonyl (C=O) groups excluding carboxylic acids is 2. The first-order valence-corrected chi connectivity index (χ1v) is 9.82. The monoisotopic (exact) mass is 396 g/mol. The standard InChI is InChI=1S/C22H21FN2O4/c23-17-3-1-2-14(8-17)11-24-12-15-6-7-25(18(9-15)22(24)27)21(26)16-4-5-19-20(10-16)29-13-28-19/h1-5,8,10,15,18H,6-7,9,11-13H2/t15-,18+/m0/s1. The molecule has 6 nitrogen and oxygen atoms in total. The second-order valence-electron chi connectivity index (χ2n) is 7.82. The van der Waals surface area contributed by atoms with E-state index in [4.69, 9.17) is 9.47 Å². The molecule has 2 atom stereocenters. The molecular weight excluding hydrogens is 375 g/mol. The van der Waals surface area contributed by atoms with Gasteiger partial charge < -0.3 is 19.3 Å². The number of hydrogen-bond acceptors (Lipinski definition) is 4. The molecule has 2 amide bonds. The lowest BCUT2D eigenvalue weighted by molar-refractivity contribution is -0.144. The van der Waals surface area contributed by atoms with Crippen LogP contribution in [0.4, 0.5) is 4.39 Å². The van der Waals surface area contributed by atoms with Crippen LogP contribution in [-0.4, -0.2) is 47.5 Å². The molecule has 29 heavy (non-hydrogen) atoms. The first-order chi connectivity index (χ1) is 14.1. The molecule has 0 saturated carbocycles. The SMILES string of the molecule is O=C1[C@H]2C[C@H](CCN2C(=O)c2ccc3c(c2)OCO3)CN1Cc1cccc(F)c1. The van der Waals surface area contributed by atoms with E-state index in [9.17, 15) is 14.0 Å². The Balaban J connectivity index is 1.36. The number of benzene rings is 2. The zero-order chi connectivity index (χ0) is 20.0. The highest BCUT2D eigenvalue weighted by molar-refractivity contribution is 5.98. The Kier molecular flexibility index (Phi) is 4.38. The van der Waals surface area contributed by atoms with Crippen molar-refractivity contribution in [1.29, 1.82) is 0 Å². The van der Waals surface area contributed by atoms with Gasteiger partial charge >= 0.3 is 0 Å². The van der Waals surface area contributed by atoms with Crippen LogP contribution < -0.4 is 9.47 Å². The van der Waals surface area contributed by atoms with Crippen molar-refractivity contribution in [2.45, 2.75) is 25.4 Å². The lowest BCUT2D eigenvalue weighted by Crippen LogP contribution is -2.59. The normalized spacial score (nSPS) is 22.7. The summed E-state index contributed by atoms with van der Waals surface area (Å²) in [5.74, 6) is 0.967. The van der Waals surface area contributed by atoms with E-state index >= 15 is 0 Å². The van der Waals surface area contributed by atoms with Gasteiger partial charge in [0.05, 0.1) is 0 Å². The van der Waals surface area contributed by atoms with Gasteiger partial charge in [0.2, 0.25) is 12.7 Å². The summed E-state index contributed by atoms with van der Waals surface area (Å²) in [5.41, 5.74) is 1.25. The van der Waals surface area contributed by atoms with Gasteiger partial charge in [-0.05, 0) is 54.7 Å². The van der Waals surface area contributed by atoms with Crippen molar-refractivity contribution >= 4 is 11.8 Å². The maximum absolute atomic E-state index is 13.5. The van der Waals surface area contributed by atoms with E-state index in [-0.39, 0.29) is 24.4 Å². The lowest BCUT2D eigenvalue weighted by Gasteiger charge is -2.46. The average Bonchev–Trinajstić information content (AvgIpc) is 3.19. The highest BCUT2D eigenvalue weighted by Gasteiger charge is 2.43. The van der Waals surface area contributed by atoms with E-state index in [0.717, 1.165) is 12.0 Å². The third-order valence-electron chi connectivity index (χ3n) is 5.93. The molecule has 0 aromatic heterocycles. The Bertz CT molecular complexity index is 979. The molecule has 5 rings (SSSR count). The van der Waals surface area contributed by atoms with E-state index in [1.807, 2.05) is 6.07 Å². The van der Waals surface area contributed by atoms with Gasteiger partial charge in [0, 0.05) is 25.2 Å². The fourth-order valence-electron chi connectivity index (χ4n) is 4.49. The minimum Gasteiger partial charge on any atom is -0.454 e. The molecule has 3 heterocycles. The zero-order valence-electron chi connectivity index (χ0n) is 15.8. The summed E-state index contributed by atoms with van der Waals surface area (Å²) < 4.78 is 24.2. The number of carbonyl (C=O) groups is 2. The first kappa shape index (κ1) is 18.0. The van der Waals surface area contributed by atoms with E-state index in [2.05, 4.69) is 0 Å². The minimum atomic E-state index is -0.478. The third kappa shape index (κ3) is 3.30. The highest BCUT2D eigenvalue weighted by atomic mass is 19.1. The van der Waals surface area contributed by atoms with Crippen LogP contribution in [-0.2, 0) is 11.3 Å². The topological polar surface area (TPSA) is 59.1 Å². The molecule has 2 aromatic carbocycles. The number of halogens is 1. The van der Waals surface area contributed by atoms with Crippen molar-refractivity contribution in [2.24, 2.45) is 5.92 Å². The van der Waals surface area contributed by atoms with Crippen molar-refractivity contribution in [3.8, 4) is 11.5 Å². The molecule has 3 aliphatic heterocycles. The summed E-state index contributed by atoms with van der Waals surface area (Å²) in [6, 6.07) is 10.9. The maximum Gasteiger partial charge on any atom is 0.254 e. The van der Waals surface area contributed by atoms with Crippen molar-refractivity contribution in [2.75, 3.05) is 19.9 Å². The molecule has 0 radical (unpaired) electrons. The minimum absolute atomic E-state index is 0.0701. The van der Waals surface area contributed by atoms with Crippen LogP contribution in [0.5, 0.6) is 11.5 Å². The number of piperidine rings is 2.